The fraction of sp³-hybridized carbons (Fsp3) is 0.400. The smallest absolute Gasteiger partial charge is 0.254 e. The molecule has 2 aliphatic heterocycles. The average Bonchev–Trinajstić information content (AvgIpc) is 3.60. The molecule has 212 valence electrons. The second-order valence-corrected chi connectivity index (χ2v) is 12.4. The van der Waals surface area contributed by atoms with Gasteiger partial charge in [-0.1, -0.05) is 35.9 Å². The van der Waals surface area contributed by atoms with Crippen LogP contribution < -0.4 is 4.74 Å². The number of nitrogens with zero attached hydrogens (tertiary/aromatic N) is 3. The summed E-state index contributed by atoms with van der Waals surface area (Å²) in [6.07, 6.45) is 1.94. The minimum absolute atomic E-state index is 0.0273. The molecule has 0 N–H and O–H groups in total. The standard InChI is InChI=1S/C30H34FN3O5S/c1-20-12-13-21(2)23(16-20)30(35)33-17-27(38-3)28(18-33)39-26-11-6-8-22(29(26)31)19-40(36,37)34-15-7-10-25(34)24-9-4-5-14-32-24/h4-6,8-9,11-14,16,25,27-28H,7,10,15,17-19H2,1-3H3. The van der Waals surface area contributed by atoms with Gasteiger partial charge in [-0.15, -0.1) is 0 Å². The van der Waals surface area contributed by atoms with Crippen molar-refractivity contribution in [1.82, 2.24) is 14.2 Å². The van der Waals surface area contributed by atoms with E-state index in [1.165, 1.54) is 23.5 Å². The first kappa shape index (κ1) is 28.2. The maximum absolute atomic E-state index is 15.7. The molecule has 3 aromatic rings. The highest BCUT2D eigenvalue weighted by molar-refractivity contribution is 7.88. The van der Waals surface area contributed by atoms with Gasteiger partial charge in [0.1, 0.15) is 12.2 Å². The lowest BCUT2D eigenvalue weighted by molar-refractivity contribution is 0.0322. The fourth-order valence-electron chi connectivity index (χ4n) is 5.53. The van der Waals surface area contributed by atoms with Gasteiger partial charge in [0.25, 0.3) is 5.91 Å². The number of pyridine rings is 1. The molecule has 0 bridgehead atoms. The topological polar surface area (TPSA) is 89.0 Å². The number of carbonyl (C=O) groups excluding carboxylic acids is 1. The Labute approximate surface area is 234 Å². The van der Waals surface area contributed by atoms with Crippen molar-refractivity contribution in [2.45, 2.75) is 50.7 Å². The van der Waals surface area contributed by atoms with Crippen molar-refractivity contribution in [3.05, 3.63) is 94.6 Å². The molecule has 2 aliphatic rings. The van der Waals surface area contributed by atoms with Crippen LogP contribution in [-0.4, -0.2) is 67.5 Å². The molecule has 8 nitrogen and oxygen atoms in total. The van der Waals surface area contributed by atoms with Crippen molar-refractivity contribution in [3.63, 3.8) is 0 Å². The highest BCUT2D eigenvalue weighted by Gasteiger charge is 2.39. The van der Waals surface area contributed by atoms with Crippen LogP contribution in [0.4, 0.5) is 4.39 Å². The molecule has 2 saturated heterocycles. The molecule has 3 unspecified atom stereocenters. The molecular weight excluding hydrogens is 533 g/mol. The Balaban J connectivity index is 1.32. The molecule has 1 amide bonds. The normalized spacial score (nSPS) is 21.6. The Morgan fingerprint density at radius 1 is 1.07 bits per heavy atom. The van der Waals surface area contributed by atoms with Crippen molar-refractivity contribution in [3.8, 4) is 5.75 Å². The van der Waals surface area contributed by atoms with Crippen molar-refractivity contribution >= 4 is 15.9 Å². The lowest BCUT2D eigenvalue weighted by atomic mass is 10.0. The minimum Gasteiger partial charge on any atom is -0.483 e. The molecule has 0 radical (unpaired) electrons. The van der Waals surface area contributed by atoms with Crippen molar-refractivity contribution in [1.29, 1.82) is 0 Å². The predicted octanol–water partition coefficient (Wildman–Crippen LogP) is 4.42. The van der Waals surface area contributed by atoms with E-state index in [-0.39, 0.29) is 29.8 Å². The van der Waals surface area contributed by atoms with Crippen molar-refractivity contribution in [2.75, 3.05) is 26.7 Å². The van der Waals surface area contributed by atoms with Crippen LogP contribution in [0.25, 0.3) is 0 Å². The predicted molar refractivity (Wildman–Crippen MR) is 149 cm³/mol. The van der Waals surface area contributed by atoms with E-state index in [4.69, 9.17) is 9.47 Å². The minimum atomic E-state index is -3.83. The summed E-state index contributed by atoms with van der Waals surface area (Å²) in [5.41, 5.74) is 3.18. The van der Waals surface area contributed by atoms with Gasteiger partial charge in [0.15, 0.2) is 11.6 Å². The summed E-state index contributed by atoms with van der Waals surface area (Å²) >= 11 is 0. The van der Waals surface area contributed by atoms with Gasteiger partial charge in [0, 0.05) is 31.0 Å². The Morgan fingerprint density at radius 2 is 1.88 bits per heavy atom. The summed E-state index contributed by atoms with van der Waals surface area (Å²) in [5, 5.41) is 0. The average molecular weight is 568 g/mol. The third kappa shape index (κ3) is 5.75. The SMILES string of the molecule is COC1CN(C(=O)c2cc(C)ccc2C)CC1Oc1cccc(CS(=O)(=O)N2CCCC2c2ccccn2)c1F. The molecule has 0 spiro atoms. The van der Waals surface area contributed by atoms with E-state index >= 15 is 4.39 Å². The summed E-state index contributed by atoms with van der Waals surface area (Å²) < 4.78 is 55.6. The lowest BCUT2D eigenvalue weighted by Crippen LogP contribution is -2.33. The first-order valence-corrected chi connectivity index (χ1v) is 15.0. The number of sulfonamides is 1. The number of aryl methyl sites for hydroxylation is 2. The highest BCUT2D eigenvalue weighted by atomic mass is 32.2. The van der Waals surface area contributed by atoms with Crippen molar-refractivity contribution < 1.29 is 27.1 Å². The monoisotopic (exact) mass is 567 g/mol. The van der Waals surface area contributed by atoms with Crippen LogP contribution in [0, 0.1) is 19.7 Å². The number of benzene rings is 2. The number of carbonyl (C=O) groups is 1. The van der Waals surface area contributed by atoms with Gasteiger partial charge in [-0.3, -0.25) is 9.78 Å². The maximum Gasteiger partial charge on any atom is 0.254 e. The molecular formula is C30H34FN3O5S. The molecule has 5 rings (SSSR count). The quantitative estimate of drug-likeness (QED) is 0.400. The summed E-state index contributed by atoms with van der Waals surface area (Å²) in [6, 6.07) is 15.3. The lowest BCUT2D eigenvalue weighted by Gasteiger charge is -2.24. The van der Waals surface area contributed by atoms with E-state index < -0.39 is 33.8 Å². The van der Waals surface area contributed by atoms with E-state index in [2.05, 4.69) is 4.98 Å². The summed E-state index contributed by atoms with van der Waals surface area (Å²) in [7, 11) is -2.30. The summed E-state index contributed by atoms with van der Waals surface area (Å²) in [5.74, 6) is -1.42. The van der Waals surface area contributed by atoms with Crippen molar-refractivity contribution in [2.24, 2.45) is 0 Å². The number of methoxy groups -OCH3 is 1. The largest absolute Gasteiger partial charge is 0.483 e. The van der Waals surface area contributed by atoms with Gasteiger partial charge in [-0.05, 0) is 56.5 Å². The van der Waals surface area contributed by atoms with Crippen LogP contribution in [0.3, 0.4) is 0 Å². The Bertz CT molecular complexity index is 1480. The summed E-state index contributed by atoms with van der Waals surface area (Å²) in [4.78, 5) is 19.3. The molecule has 10 heteroatoms. The molecule has 1 aromatic heterocycles. The second-order valence-electron chi connectivity index (χ2n) is 10.5. The zero-order chi connectivity index (χ0) is 28.4. The summed E-state index contributed by atoms with van der Waals surface area (Å²) in [6.45, 7) is 4.70. The van der Waals surface area contributed by atoms with Gasteiger partial charge in [0.05, 0.1) is 30.6 Å². The van der Waals surface area contributed by atoms with Gasteiger partial charge in [-0.25, -0.2) is 12.8 Å². The van der Waals surface area contributed by atoms with Gasteiger partial charge in [0.2, 0.25) is 10.0 Å². The maximum atomic E-state index is 15.7. The third-order valence-electron chi connectivity index (χ3n) is 7.68. The van der Waals surface area contributed by atoms with E-state index in [1.807, 2.05) is 44.2 Å². The van der Waals surface area contributed by atoms with Gasteiger partial charge >= 0.3 is 0 Å². The highest BCUT2D eigenvalue weighted by Crippen LogP contribution is 2.35. The number of likely N-dealkylation sites (tertiary alicyclic amines) is 1. The van der Waals surface area contributed by atoms with Crippen LogP contribution in [0.15, 0.2) is 60.8 Å². The number of amides is 1. The molecule has 40 heavy (non-hydrogen) atoms. The van der Waals surface area contributed by atoms with E-state index in [9.17, 15) is 13.2 Å². The number of rotatable bonds is 8. The van der Waals surface area contributed by atoms with Crippen LogP contribution in [0.5, 0.6) is 5.75 Å². The zero-order valence-corrected chi connectivity index (χ0v) is 23.7. The molecule has 3 heterocycles. The Morgan fingerprint density at radius 3 is 2.62 bits per heavy atom. The van der Waals surface area contributed by atoms with Gasteiger partial charge in [-0.2, -0.15) is 4.31 Å². The molecule has 3 atom stereocenters. The molecule has 2 aromatic carbocycles. The fourth-order valence-corrected chi connectivity index (χ4v) is 7.32. The number of ether oxygens (including phenoxy) is 2. The Kier molecular flexibility index (Phi) is 8.21. The van der Waals surface area contributed by atoms with Crippen LogP contribution in [-0.2, 0) is 20.5 Å². The Hall–Kier alpha value is -3.34. The van der Waals surface area contributed by atoms with Crippen LogP contribution in [0.1, 0.15) is 51.6 Å². The second kappa shape index (κ2) is 11.6. The number of aromatic nitrogens is 1. The van der Waals surface area contributed by atoms with Crippen LogP contribution >= 0.6 is 0 Å². The van der Waals surface area contributed by atoms with E-state index in [1.54, 1.807) is 23.2 Å². The molecule has 0 aliphatic carbocycles. The van der Waals surface area contributed by atoms with Gasteiger partial charge < -0.3 is 14.4 Å². The van der Waals surface area contributed by atoms with E-state index in [0.29, 0.717) is 37.2 Å². The number of hydrogen-bond acceptors (Lipinski definition) is 6. The third-order valence-corrected chi connectivity index (χ3v) is 9.51. The molecule has 0 saturated carbocycles. The number of halogens is 1. The number of hydrogen-bond donors (Lipinski definition) is 0. The first-order chi connectivity index (χ1) is 19.2. The first-order valence-electron chi connectivity index (χ1n) is 13.4. The molecule has 2 fully saturated rings. The van der Waals surface area contributed by atoms with E-state index in [0.717, 1.165) is 11.1 Å². The van der Waals surface area contributed by atoms with Crippen LogP contribution in [0.2, 0.25) is 0 Å². The zero-order valence-electron chi connectivity index (χ0n) is 22.9.